The first-order chi connectivity index (χ1) is 15.2. The van der Waals surface area contributed by atoms with Crippen LogP contribution in [0.3, 0.4) is 0 Å². The largest absolute Gasteiger partial charge is 0.486 e. The fourth-order valence-corrected chi connectivity index (χ4v) is 3.87. The van der Waals surface area contributed by atoms with Gasteiger partial charge in [-0.05, 0) is 35.4 Å². The van der Waals surface area contributed by atoms with E-state index in [1.165, 1.54) is 0 Å². The number of nitrogens with zero attached hydrogens (tertiary/aromatic N) is 1. The highest BCUT2D eigenvalue weighted by molar-refractivity contribution is 6.32. The summed E-state index contributed by atoms with van der Waals surface area (Å²) in [6.07, 6.45) is 0.216. The number of imidazole rings is 1. The zero-order valence-corrected chi connectivity index (χ0v) is 17.4. The molecule has 0 atom stereocenters. The first kappa shape index (κ1) is 19.5. The fourth-order valence-electron chi connectivity index (χ4n) is 3.58. The molecule has 0 saturated heterocycles. The van der Waals surface area contributed by atoms with Gasteiger partial charge in [-0.3, -0.25) is 4.79 Å². The summed E-state index contributed by atoms with van der Waals surface area (Å²) in [5.74, 6) is 1.87. The summed E-state index contributed by atoms with van der Waals surface area (Å²) < 4.78 is 11.1. The van der Waals surface area contributed by atoms with Gasteiger partial charge in [0, 0.05) is 12.1 Å². The normalized spacial score (nSPS) is 12.7. The van der Waals surface area contributed by atoms with Crippen LogP contribution in [0.2, 0.25) is 5.02 Å². The summed E-state index contributed by atoms with van der Waals surface area (Å²) in [5, 5.41) is 3.41. The van der Waals surface area contributed by atoms with Gasteiger partial charge in [0.05, 0.1) is 22.5 Å². The molecule has 3 aromatic carbocycles. The zero-order chi connectivity index (χ0) is 21.2. The molecule has 0 fully saturated rings. The van der Waals surface area contributed by atoms with Crippen LogP contribution in [-0.2, 0) is 17.8 Å². The first-order valence-corrected chi connectivity index (χ1v) is 10.4. The molecule has 31 heavy (non-hydrogen) atoms. The highest BCUT2D eigenvalue weighted by Gasteiger charge is 2.17. The number of nitrogens with one attached hydrogen (secondary N) is 2. The molecule has 2 heterocycles. The summed E-state index contributed by atoms with van der Waals surface area (Å²) in [7, 11) is 0. The van der Waals surface area contributed by atoms with Gasteiger partial charge in [0.2, 0.25) is 5.91 Å². The van der Waals surface area contributed by atoms with Crippen LogP contribution in [0.5, 0.6) is 11.5 Å². The molecule has 1 amide bonds. The van der Waals surface area contributed by atoms with Crippen molar-refractivity contribution in [3.8, 4) is 22.9 Å². The number of H-pyrrole nitrogens is 1. The number of benzene rings is 3. The van der Waals surface area contributed by atoms with Gasteiger partial charge in [0.1, 0.15) is 19.0 Å². The van der Waals surface area contributed by atoms with Crippen molar-refractivity contribution in [2.24, 2.45) is 0 Å². The number of aromatic amines is 1. The maximum atomic E-state index is 12.4. The molecule has 156 valence electrons. The average Bonchev–Trinajstić information content (AvgIpc) is 3.22. The Morgan fingerprint density at radius 3 is 2.68 bits per heavy atom. The highest BCUT2D eigenvalue weighted by Crippen LogP contribution is 2.38. The van der Waals surface area contributed by atoms with E-state index in [1.807, 2.05) is 54.6 Å². The van der Waals surface area contributed by atoms with Crippen LogP contribution in [-0.4, -0.2) is 29.1 Å². The van der Waals surface area contributed by atoms with Crippen LogP contribution in [0, 0.1) is 0 Å². The van der Waals surface area contributed by atoms with E-state index >= 15 is 0 Å². The van der Waals surface area contributed by atoms with E-state index in [4.69, 9.17) is 21.1 Å². The molecule has 0 aliphatic carbocycles. The Kier molecular flexibility index (Phi) is 5.22. The second kappa shape index (κ2) is 8.32. The third-order valence-electron chi connectivity index (χ3n) is 5.13. The number of hydrogen-bond acceptors (Lipinski definition) is 4. The van der Waals surface area contributed by atoms with Crippen molar-refractivity contribution in [1.82, 2.24) is 15.3 Å². The molecular weight excluding hydrogens is 414 g/mol. The minimum Gasteiger partial charge on any atom is -0.486 e. The lowest BCUT2D eigenvalue weighted by atomic mass is 10.1. The number of amides is 1. The standard InChI is InChI=1S/C24H20ClN3O3/c25-18-11-16(12-21-23(18)31-10-9-30-21)13-22(29)26-14-15-5-7-17(8-6-15)24-27-19-3-1-2-4-20(19)28-24/h1-8,11-12H,9-10,13-14H2,(H,26,29)(H,27,28). The van der Waals surface area contributed by atoms with E-state index in [2.05, 4.69) is 15.3 Å². The third-order valence-corrected chi connectivity index (χ3v) is 5.41. The van der Waals surface area contributed by atoms with Crippen molar-refractivity contribution < 1.29 is 14.3 Å². The molecule has 1 aromatic heterocycles. The topological polar surface area (TPSA) is 76.2 Å². The van der Waals surface area contributed by atoms with Crippen LogP contribution >= 0.6 is 11.6 Å². The summed E-state index contributed by atoms with van der Waals surface area (Å²) in [6, 6.07) is 19.5. The third kappa shape index (κ3) is 4.20. The molecule has 0 saturated carbocycles. The maximum absolute atomic E-state index is 12.4. The average molecular weight is 434 g/mol. The Morgan fingerprint density at radius 2 is 1.84 bits per heavy atom. The number of fused-ring (bicyclic) bond motifs is 2. The number of halogens is 1. The van der Waals surface area contributed by atoms with Gasteiger partial charge in [-0.15, -0.1) is 0 Å². The monoisotopic (exact) mass is 433 g/mol. The summed E-state index contributed by atoms with van der Waals surface area (Å²) in [6.45, 7) is 1.39. The molecule has 4 aromatic rings. The number of para-hydroxylation sites is 2. The Hall–Kier alpha value is -3.51. The number of carbonyl (C=O) groups excluding carboxylic acids is 1. The van der Waals surface area contributed by atoms with Gasteiger partial charge < -0.3 is 19.8 Å². The summed E-state index contributed by atoms with van der Waals surface area (Å²) in [4.78, 5) is 20.4. The number of rotatable bonds is 5. The quantitative estimate of drug-likeness (QED) is 0.485. The summed E-state index contributed by atoms with van der Waals surface area (Å²) >= 11 is 6.25. The van der Waals surface area contributed by atoms with E-state index < -0.39 is 0 Å². The van der Waals surface area contributed by atoms with E-state index in [1.54, 1.807) is 6.07 Å². The second-order valence-corrected chi connectivity index (χ2v) is 7.76. The van der Waals surface area contributed by atoms with Crippen LogP contribution in [0.25, 0.3) is 22.4 Å². The molecule has 5 rings (SSSR count). The van der Waals surface area contributed by atoms with Crippen LogP contribution in [0.15, 0.2) is 60.7 Å². The van der Waals surface area contributed by atoms with Crippen molar-refractivity contribution in [2.75, 3.05) is 13.2 Å². The Balaban J connectivity index is 1.21. The van der Waals surface area contributed by atoms with E-state index in [-0.39, 0.29) is 12.3 Å². The minimum absolute atomic E-state index is 0.0888. The molecule has 0 unspecified atom stereocenters. The van der Waals surface area contributed by atoms with Crippen LogP contribution in [0.1, 0.15) is 11.1 Å². The van der Waals surface area contributed by atoms with Crippen molar-refractivity contribution in [3.05, 3.63) is 76.8 Å². The number of ether oxygens (including phenoxy) is 2. The van der Waals surface area contributed by atoms with Gasteiger partial charge in [0.25, 0.3) is 0 Å². The molecule has 6 nitrogen and oxygen atoms in total. The smallest absolute Gasteiger partial charge is 0.224 e. The Morgan fingerprint density at radius 1 is 1.03 bits per heavy atom. The second-order valence-electron chi connectivity index (χ2n) is 7.35. The number of aromatic nitrogens is 2. The van der Waals surface area contributed by atoms with Gasteiger partial charge in [-0.25, -0.2) is 4.98 Å². The minimum atomic E-state index is -0.0888. The first-order valence-electron chi connectivity index (χ1n) is 10.0. The predicted octanol–water partition coefficient (Wildman–Crippen LogP) is 4.51. The molecular formula is C24H20ClN3O3. The molecule has 1 aliphatic rings. The molecule has 0 radical (unpaired) electrons. The zero-order valence-electron chi connectivity index (χ0n) is 16.7. The summed E-state index contributed by atoms with van der Waals surface area (Å²) in [5.41, 5.74) is 4.73. The van der Waals surface area contributed by atoms with Gasteiger partial charge in [0.15, 0.2) is 11.5 Å². The van der Waals surface area contributed by atoms with Crippen molar-refractivity contribution >= 4 is 28.5 Å². The Bertz CT molecular complexity index is 1220. The highest BCUT2D eigenvalue weighted by atomic mass is 35.5. The Labute approximate surface area is 184 Å². The van der Waals surface area contributed by atoms with E-state index in [0.717, 1.165) is 33.5 Å². The molecule has 7 heteroatoms. The van der Waals surface area contributed by atoms with Gasteiger partial charge in [-0.1, -0.05) is 48.0 Å². The fraction of sp³-hybridized carbons (Fsp3) is 0.167. The molecule has 1 aliphatic heterocycles. The predicted molar refractivity (Wildman–Crippen MR) is 120 cm³/mol. The molecule has 0 spiro atoms. The van der Waals surface area contributed by atoms with Crippen molar-refractivity contribution in [2.45, 2.75) is 13.0 Å². The lowest BCUT2D eigenvalue weighted by molar-refractivity contribution is -0.120. The lowest BCUT2D eigenvalue weighted by Gasteiger charge is -2.20. The van der Waals surface area contributed by atoms with Crippen LogP contribution in [0.4, 0.5) is 0 Å². The van der Waals surface area contributed by atoms with Gasteiger partial charge in [-0.2, -0.15) is 0 Å². The van der Waals surface area contributed by atoms with Gasteiger partial charge >= 0.3 is 0 Å². The lowest BCUT2D eigenvalue weighted by Crippen LogP contribution is -2.24. The number of hydrogen-bond donors (Lipinski definition) is 2. The van der Waals surface area contributed by atoms with E-state index in [9.17, 15) is 4.79 Å². The van der Waals surface area contributed by atoms with Crippen molar-refractivity contribution in [1.29, 1.82) is 0 Å². The van der Waals surface area contributed by atoms with E-state index in [0.29, 0.717) is 36.3 Å². The number of carbonyl (C=O) groups is 1. The van der Waals surface area contributed by atoms with Crippen molar-refractivity contribution in [3.63, 3.8) is 0 Å². The molecule has 2 N–H and O–H groups in total. The SMILES string of the molecule is O=C(Cc1cc(Cl)c2c(c1)OCCO2)NCc1ccc(-c2nc3ccccc3[nH]2)cc1. The maximum Gasteiger partial charge on any atom is 0.224 e. The molecule has 0 bridgehead atoms. The van der Waals surface area contributed by atoms with Crippen LogP contribution < -0.4 is 14.8 Å².